The third-order valence-corrected chi connectivity index (χ3v) is 8.37. The molecule has 2 heterocycles. The second-order valence-electron chi connectivity index (χ2n) is 11.2. The third kappa shape index (κ3) is 6.69. The summed E-state index contributed by atoms with van der Waals surface area (Å²) >= 11 is 0. The number of anilines is 1. The minimum atomic E-state index is -0.904. The zero-order valence-electron chi connectivity index (χ0n) is 26.2. The number of hydrogen-bond acceptors (Lipinski definition) is 8. The Balaban J connectivity index is 1.57. The summed E-state index contributed by atoms with van der Waals surface area (Å²) in [6.07, 6.45) is 0.236. The molecule has 11 heteroatoms. The second-order valence-corrected chi connectivity index (χ2v) is 11.2. The van der Waals surface area contributed by atoms with E-state index in [-0.39, 0.29) is 50.4 Å². The van der Waals surface area contributed by atoms with Crippen LogP contribution in [0, 0.1) is 0 Å². The first-order valence-electron chi connectivity index (χ1n) is 15.4. The molecule has 5 rings (SSSR count). The number of fused-ring (bicyclic) bond motifs is 3. The number of hydrogen-bond donors (Lipinski definition) is 2. The first kappa shape index (κ1) is 32.5. The van der Waals surface area contributed by atoms with Crippen molar-refractivity contribution in [2.24, 2.45) is 0 Å². The van der Waals surface area contributed by atoms with Crippen LogP contribution < -0.4 is 19.7 Å². The molecule has 2 aliphatic rings. The van der Waals surface area contributed by atoms with E-state index in [1.165, 1.54) is 4.90 Å². The predicted molar refractivity (Wildman–Crippen MR) is 170 cm³/mol. The highest BCUT2D eigenvalue weighted by Gasteiger charge is 2.55. The number of methoxy groups -OCH3 is 1. The molecule has 242 valence electrons. The predicted octanol–water partition coefficient (Wildman–Crippen LogP) is 3.44. The fraction of sp³-hybridized carbons (Fsp3) is 0.371. The van der Waals surface area contributed by atoms with Gasteiger partial charge in [0, 0.05) is 29.8 Å². The normalized spacial score (nSPS) is 20.0. The van der Waals surface area contributed by atoms with Crippen LogP contribution in [0.2, 0.25) is 0 Å². The van der Waals surface area contributed by atoms with Crippen LogP contribution >= 0.6 is 0 Å². The van der Waals surface area contributed by atoms with Crippen LogP contribution in [0.3, 0.4) is 0 Å². The van der Waals surface area contributed by atoms with Crippen molar-refractivity contribution in [1.82, 2.24) is 10.2 Å². The van der Waals surface area contributed by atoms with Crippen molar-refractivity contribution in [3.63, 3.8) is 0 Å². The highest BCUT2D eigenvalue weighted by molar-refractivity contribution is 6.04. The number of rotatable bonds is 12. The summed E-state index contributed by atoms with van der Waals surface area (Å²) in [5.74, 6) is -0.415. The summed E-state index contributed by atoms with van der Waals surface area (Å²) in [4.78, 5) is 58.1. The molecule has 11 nitrogen and oxygen atoms in total. The molecule has 0 bridgehead atoms. The Morgan fingerprint density at radius 3 is 2.37 bits per heavy atom. The van der Waals surface area contributed by atoms with Gasteiger partial charge in [-0.05, 0) is 61.9 Å². The molecule has 2 N–H and O–H groups in total. The fourth-order valence-corrected chi connectivity index (χ4v) is 6.27. The van der Waals surface area contributed by atoms with E-state index in [2.05, 4.69) is 5.32 Å². The molecule has 3 aromatic rings. The first-order valence-corrected chi connectivity index (χ1v) is 15.4. The highest BCUT2D eigenvalue weighted by Crippen LogP contribution is 2.47. The maximum atomic E-state index is 14.2. The maximum absolute atomic E-state index is 14.2. The van der Waals surface area contributed by atoms with Gasteiger partial charge in [-0.1, -0.05) is 30.3 Å². The van der Waals surface area contributed by atoms with Gasteiger partial charge in [-0.15, -0.1) is 0 Å². The lowest BCUT2D eigenvalue weighted by Gasteiger charge is -2.49. The Morgan fingerprint density at radius 1 is 0.978 bits per heavy atom. The second kappa shape index (κ2) is 14.5. The molecule has 3 aromatic carbocycles. The van der Waals surface area contributed by atoms with Gasteiger partial charge in [0.1, 0.15) is 17.5 Å². The van der Waals surface area contributed by atoms with E-state index in [1.54, 1.807) is 92.6 Å². The van der Waals surface area contributed by atoms with Crippen molar-refractivity contribution in [2.75, 3.05) is 31.8 Å². The van der Waals surface area contributed by atoms with Crippen molar-refractivity contribution in [1.29, 1.82) is 0 Å². The topological polar surface area (TPSA) is 135 Å². The number of ether oxygens (including phenoxy) is 3. The lowest BCUT2D eigenvalue weighted by molar-refractivity contribution is -0.152. The molecule has 0 spiro atoms. The van der Waals surface area contributed by atoms with Crippen molar-refractivity contribution in [3.8, 4) is 11.5 Å². The molecule has 3 amide bonds. The monoisotopic (exact) mass is 629 g/mol. The molecular formula is C35H39N3O8. The lowest BCUT2D eigenvalue weighted by Crippen LogP contribution is -2.69. The smallest absolute Gasteiger partial charge is 0.307 e. The van der Waals surface area contributed by atoms with Crippen molar-refractivity contribution >= 4 is 29.4 Å². The summed E-state index contributed by atoms with van der Waals surface area (Å²) in [7, 11) is 1.56. The number of esters is 1. The summed E-state index contributed by atoms with van der Waals surface area (Å²) < 4.78 is 16.4. The van der Waals surface area contributed by atoms with Crippen LogP contribution in [0.5, 0.6) is 11.5 Å². The standard InChI is InChI=1S/C35H39N3O8/c1-4-45-31(41)21-29-33-32(36-34(42)24-9-6-5-7-10-24)27-20-26(46-18-8-17-39)15-16-28(27)38(33)35(43)22(2)37(29)30(40)19-23-11-13-25(44-3)14-12-23/h5-7,9-16,20,22,29,32-33,39H,4,8,17-19,21H2,1-3H3,(H,36,42)/t22-,29?,32-,33+/m0/s1. The summed E-state index contributed by atoms with van der Waals surface area (Å²) in [6, 6.07) is 17.7. The number of amides is 3. The van der Waals surface area contributed by atoms with E-state index in [0.717, 1.165) is 5.56 Å². The zero-order valence-corrected chi connectivity index (χ0v) is 26.2. The fourth-order valence-electron chi connectivity index (χ4n) is 6.27. The van der Waals surface area contributed by atoms with Crippen LogP contribution in [0.25, 0.3) is 0 Å². The molecule has 0 aliphatic carbocycles. The number of nitrogens with one attached hydrogen (secondary N) is 1. The van der Waals surface area contributed by atoms with E-state index < -0.39 is 30.1 Å². The molecule has 2 aliphatic heterocycles. The van der Waals surface area contributed by atoms with Crippen LogP contribution in [0.15, 0.2) is 72.8 Å². The van der Waals surface area contributed by atoms with Crippen LogP contribution in [0.4, 0.5) is 5.69 Å². The Hall–Kier alpha value is -4.90. The summed E-state index contributed by atoms with van der Waals surface area (Å²) in [5, 5.41) is 12.3. The summed E-state index contributed by atoms with van der Waals surface area (Å²) in [6.45, 7) is 3.76. The zero-order chi connectivity index (χ0) is 32.8. The number of benzene rings is 3. The van der Waals surface area contributed by atoms with Gasteiger partial charge in [0.2, 0.25) is 11.8 Å². The number of nitrogens with zero attached hydrogens (tertiary/aromatic N) is 2. The van der Waals surface area contributed by atoms with Crippen LogP contribution in [-0.4, -0.2) is 78.8 Å². The molecule has 4 atom stereocenters. The molecule has 46 heavy (non-hydrogen) atoms. The van der Waals surface area contributed by atoms with Crippen LogP contribution in [0.1, 0.15) is 54.2 Å². The third-order valence-electron chi connectivity index (χ3n) is 8.37. The molecule has 0 saturated carbocycles. The van der Waals surface area contributed by atoms with E-state index in [9.17, 15) is 24.3 Å². The molecule has 0 radical (unpaired) electrons. The molecule has 1 fully saturated rings. The average Bonchev–Trinajstić information content (AvgIpc) is 3.37. The van der Waals surface area contributed by atoms with Crippen LogP contribution in [-0.2, 0) is 25.5 Å². The molecule has 0 aromatic heterocycles. The molecular weight excluding hydrogens is 590 g/mol. The maximum Gasteiger partial charge on any atom is 0.307 e. The van der Waals surface area contributed by atoms with E-state index in [4.69, 9.17) is 14.2 Å². The molecule has 1 saturated heterocycles. The number of carbonyl (C=O) groups excluding carboxylic acids is 4. The van der Waals surface area contributed by atoms with Gasteiger partial charge < -0.3 is 34.4 Å². The largest absolute Gasteiger partial charge is 0.497 e. The van der Waals surface area contributed by atoms with Gasteiger partial charge in [0.25, 0.3) is 5.91 Å². The minimum Gasteiger partial charge on any atom is -0.497 e. The van der Waals surface area contributed by atoms with Crippen molar-refractivity contribution < 1.29 is 38.5 Å². The van der Waals surface area contributed by atoms with E-state index in [1.807, 2.05) is 6.07 Å². The number of carbonyl (C=O) groups is 4. The van der Waals surface area contributed by atoms with Gasteiger partial charge in [-0.2, -0.15) is 0 Å². The Bertz CT molecular complexity index is 1560. The Labute approximate surface area is 268 Å². The van der Waals surface area contributed by atoms with Gasteiger partial charge in [0.05, 0.1) is 51.3 Å². The summed E-state index contributed by atoms with van der Waals surface area (Å²) in [5.41, 5.74) is 2.32. The SMILES string of the molecule is CCOC(=O)CC1[C@@H]2[C@@H](NC(=O)c3ccccc3)c3cc(OCCCO)ccc3N2C(=O)[C@H](C)N1C(=O)Cc1ccc(OC)cc1. The van der Waals surface area contributed by atoms with Crippen molar-refractivity contribution in [3.05, 3.63) is 89.5 Å². The number of aliphatic hydroxyl groups excluding tert-OH is 1. The quantitative estimate of drug-likeness (QED) is 0.230. The average molecular weight is 630 g/mol. The van der Waals surface area contributed by atoms with E-state index >= 15 is 0 Å². The van der Waals surface area contributed by atoms with Crippen molar-refractivity contribution in [2.45, 2.75) is 57.3 Å². The van der Waals surface area contributed by atoms with Gasteiger partial charge in [-0.25, -0.2) is 0 Å². The van der Waals surface area contributed by atoms with Gasteiger partial charge >= 0.3 is 5.97 Å². The van der Waals surface area contributed by atoms with Gasteiger partial charge in [0.15, 0.2) is 0 Å². The Kier molecular flexibility index (Phi) is 10.2. The molecule has 1 unspecified atom stereocenters. The van der Waals surface area contributed by atoms with Gasteiger partial charge in [-0.3, -0.25) is 19.2 Å². The van der Waals surface area contributed by atoms with E-state index in [0.29, 0.717) is 34.7 Å². The lowest BCUT2D eigenvalue weighted by atomic mass is 9.89. The Morgan fingerprint density at radius 2 is 1.70 bits per heavy atom. The first-order chi connectivity index (χ1) is 22.3. The highest BCUT2D eigenvalue weighted by atomic mass is 16.5. The number of piperazine rings is 1. The number of aliphatic hydroxyl groups is 1. The minimum absolute atomic E-state index is 0.00943.